The van der Waals surface area contributed by atoms with Crippen LogP contribution in [0.5, 0.6) is 0 Å². The Morgan fingerprint density at radius 1 is 1.29 bits per heavy atom. The van der Waals surface area contributed by atoms with Gasteiger partial charge in [0.15, 0.2) is 6.04 Å². The molecular weight excluding hydrogens is 222 g/mol. The Morgan fingerprint density at radius 3 is 2.35 bits per heavy atom. The van der Waals surface area contributed by atoms with Crippen LogP contribution < -0.4 is 11.1 Å². The zero-order valence-electron chi connectivity index (χ0n) is 9.21. The van der Waals surface area contributed by atoms with E-state index in [0.717, 1.165) is 0 Å². The molecule has 5 amide bonds. The predicted octanol–water partition coefficient (Wildman–Crippen LogP) is 0.503. The fourth-order valence-electron chi connectivity index (χ4n) is 1.75. The van der Waals surface area contributed by atoms with Crippen molar-refractivity contribution < 1.29 is 18.9 Å². The van der Waals surface area contributed by atoms with Gasteiger partial charge in [0, 0.05) is 0 Å². The highest BCUT2D eigenvalue weighted by atomic mass is 16.2. The van der Waals surface area contributed by atoms with Gasteiger partial charge in [-0.15, -0.1) is 0 Å². The number of urea groups is 2. The van der Waals surface area contributed by atoms with Gasteiger partial charge < -0.3 is 5.73 Å². The van der Waals surface area contributed by atoms with Crippen LogP contribution in [0.25, 0.3) is 0 Å². The van der Waals surface area contributed by atoms with Crippen molar-refractivity contribution in [3.8, 4) is 0 Å². The first-order chi connectivity index (χ1) is 7.98. The lowest BCUT2D eigenvalue weighted by molar-refractivity contribution is -0.656. The van der Waals surface area contributed by atoms with Crippen molar-refractivity contribution in [1.29, 1.82) is 0 Å². The summed E-state index contributed by atoms with van der Waals surface area (Å²) in [4.78, 5) is 35.0. The summed E-state index contributed by atoms with van der Waals surface area (Å²) in [6.07, 6.45) is 0. The number of rotatable bonds is 1. The lowest BCUT2D eigenvalue weighted by Gasteiger charge is -2.15. The number of nitrogens with one attached hydrogen (secondary N) is 1. The van der Waals surface area contributed by atoms with E-state index in [1.807, 2.05) is 0 Å². The molecule has 2 atom stereocenters. The number of primary amides is 1. The third-order valence-corrected chi connectivity index (χ3v) is 2.94. The standard InChI is InChI=1S/C11H11N3O3/c1-14(10(12)16)9(15)8(13-11(14)17)7-5-3-2-4-6-7/h2-6,8H,1H3,(H2-,12,13,16,17)/p+1. The molecule has 88 valence electrons. The van der Waals surface area contributed by atoms with Crippen LogP contribution in [0.4, 0.5) is 9.59 Å². The van der Waals surface area contributed by atoms with Crippen LogP contribution in [0.3, 0.4) is 0 Å². The Balaban J connectivity index is 2.41. The fraction of sp³-hybridized carbons (Fsp3) is 0.182. The van der Waals surface area contributed by atoms with E-state index in [-0.39, 0.29) is 0 Å². The maximum atomic E-state index is 12.1. The van der Waals surface area contributed by atoms with Crippen LogP contribution in [0.1, 0.15) is 11.6 Å². The molecule has 0 aliphatic carbocycles. The third-order valence-electron chi connectivity index (χ3n) is 2.94. The van der Waals surface area contributed by atoms with E-state index in [2.05, 4.69) is 5.32 Å². The number of hydrogen-bond donors (Lipinski definition) is 2. The molecular formula is C11H12N3O3+. The Morgan fingerprint density at radius 2 is 1.88 bits per heavy atom. The van der Waals surface area contributed by atoms with Gasteiger partial charge in [0.05, 0.1) is 7.05 Å². The Hall–Kier alpha value is -2.21. The van der Waals surface area contributed by atoms with Gasteiger partial charge >= 0.3 is 18.0 Å². The first-order valence-corrected chi connectivity index (χ1v) is 5.05. The molecule has 6 nitrogen and oxygen atoms in total. The van der Waals surface area contributed by atoms with Crippen LogP contribution in [0, 0.1) is 0 Å². The normalized spacial score (nSPS) is 27.9. The molecule has 1 aliphatic heterocycles. The largest absolute Gasteiger partial charge is 0.434 e. The summed E-state index contributed by atoms with van der Waals surface area (Å²) in [5.41, 5.74) is 5.74. The van der Waals surface area contributed by atoms with Gasteiger partial charge in [0.1, 0.15) is 0 Å². The average molecular weight is 234 g/mol. The summed E-state index contributed by atoms with van der Waals surface area (Å²) in [6.45, 7) is 0. The van der Waals surface area contributed by atoms with E-state index in [0.29, 0.717) is 5.56 Å². The van der Waals surface area contributed by atoms with Gasteiger partial charge in [0.2, 0.25) is 0 Å². The number of imide groups is 3. The highest BCUT2D eigenvalue weighted by Crippen LogP contribution is 2.26. The van der Waals surface area contributed by atoms with Gasteiger partial charge in [-0.1, -0.05) is 34.8 Å². The summed E-state index contributed by atoms with van der Waals surface area (Å²) in [5, 5.41) is 2.47. The van der Waals surface area contributed by atoms with Gasteiger partial charge in [-0.25, -0.2) is 14.4 Å². The van der Waals surface area contributed by atoms with Crippen molar-refractivity contribution >= 4 is 18.0 Å². The Kier molecular flexibility index (Phi) is 2.44. The number of benzene rings is 1. The molecule has 0 saturated carbocycles. The number of nitrogens with two attached hydrogens (primary N) is 1. The van der Waals surface area contributed by atoms with E-state index < -0.39 is 28.5 Å². The number of carbonyl (C=O) groups is 3. The monoisotopic (exact) mass is 234 g/mol. The predicted molar refractivity (Wildman–Crippen MR) is 58.5 cm³/mol. The zero-order valence-corrected chi connectivity index (χ0v) is 9.21. The molecule has 2 unspecified atom stereocenters. The minimum atomic E-state index is -1.04. The highest BCUT2D eigenvalue weighted by molar-refractivity contribution is 6.03. The minimum absolute atomic E-state index is 0.561. The Labute approximate surface area is 97.6 Å². The minimum Gasteiger partial charge on any atom is -0.318 e. The quantitative estimate of drug-likeness (QED) is 0.547. The molecule has 3 N–H and O–H groups in total. The van der Waals surface area contributed by atoms with Crippen LogP contribution in [-0.4, -0.2) is 29.5 Å². The van der Waals surface area contributed by atoms with Crippen molar-refractivity contribution in [3.05, 3.63) is 35.9 Å². The van der Waals surface area contributed by atoms with E-state index in [1.54, 1.807) is 30.3 Å². The smallest absolute Gasteiger partial charge is 0.318 e. The van der Waals surface area contributed by atoms with Crippen LogP contribution in [0.15, 0.2) is 30.3 Å². The molecule has 0 aromatic heterocycles. The third kappa shape index (κ3) is 1.50. The average Bonchev–Trinajstić information content (AvgIpc) is 2.56. The fourth-order valence-corrected chi connectivity index (χ4v) is 1.75. The number of hydrogen-bond acceptors (Lipinski definition) is 3. The van der Waals surface area contributed by atoms with Crippen molar-refractivity contribution in [2.24, 2.45) is 5.73 Å². The van der Waals surface area contributed by atoms with Gasteiger partial charge in [-0.3, -0.25) is 5.32 Å². The second-order valence-corrected chi connectivity index (χ2v) is 3.98. The van der Waals surface area contributed by atoms with E-state index in [9.17, 15) is 14.4 Å². The number of quaternary nitrogens is 1. The van der Waals surface area contributed by atoms with Crippen LogP contribution in [0.2, 0.25) is 0 Å². The molecule has 1 aliphatic rings. The van der Waals surface area contributed by atoms with Crippen molar-refractivity contribution in [2.45, 2.75) is 6.04 Å². The van der Waals surface area contributed by atoms with Crippen molar-refractivity contribution in [2.75, 3.05) is 7.05 Å². The van der Waals surface area contributed by atoms with Crippen molar-refractivity contribution in [3.63, 3.8) is 0 Å². The maximum absolute atomic E-state index is 12.1. The van der Waals surface area contributed by atoms with E-state index in [1.165, 1.54) is 7.05 Å². The summed E-state index contributed by atoms with van der Waals surface area (Å²) < 4.78 is -1.04. The number of amides is 5. The molecule has 1 fully saturated rings. The maximum Gasteiger partial charge on any atom is 0.434 e. The molecule has 1 aromatic rings. The molecule has 17 heavy (non-hydrogen) atoms. The molecule has 1 aromatic carbocycles. The molecule has 0 bridgehead atoms. The lowest BCUT2D eigenvalue weighted by Crippen LogP contribution is -2.57. The van der Waals surface area contributed by atoms with Gasteiger partial charge in [-0.05, 0) is 5.56 Å². The summed E-state index contributed by atoms with van der Waals surface area (Å²) in [5.74, 6) is -0.561. The highest BCUT2D eigenvalue weighted by Gasteiger charge is 2.57. The number of carbonyl (C=O) groups excluding carboxylic acids is 3. The first-order valence-electron chi connectivity index (χ1n) is 5.05. The lowest BCUT2D eigenvalue weighted by atomic mass is 10.1. The topological polar surface area (TPSA) is 89.3 Å². The molecule has 2 rings (SSSR count). The van der Waals surface area contributed by atoms with Gasteiger partial charge in [-0.2, -0.15) is 0 Å². The van der Waals surface area contributed by atoms with Gasteiger partial charge in [0.25, 0.3) is 0 Å². The second kappa shape index (κ2) is 3.67. The van der Waals surface area contributed by atoms with Crippen LogP contribution in [-0.2, 0) is 4.79 Å². The summed E-state index contributed by atoms with van der Waals surface area (Å²) >= 11 is 0. The molecule has 1 heterocycles. The van der Waals surface area contributed by atoms with E-state index in [4.69, 9.17) is 5.73 Å². The molecule has 1 saturated heterocycles. The Bertz CT molecular complexity index is 500. The SMILES string of the molecule is C[N+]1(C(N)=O)C(=O)NC(c2ccccc2)C1=O. The summed E-state index contributed by atoms with van der Waals surface area (Å²) in [7, 11) is 1.20. The first kappa shape index (κ1) is 11.3. The van der Waals surface area contributed by atoms with Crippen molar-refractivity contribution in [1.82, 2.24) is 5.32 Å². The second-order valence-electron chi connectivity index (χ2n) is 3.98. The van der Waals surface area contributed by atoms with Crippen LogP contribution >= 0.6 is 0 Å². The summed E-state index contributed by atoms with van der Waals surface area (Å²) in [6, 6.07) is 6.22. The zero-order chi connectivity index (χ0) is 12.6. The molecule has 6 heteroatoms. The molecule has 0 radical (unpaired) electrons. The number of nitrogens with zero attached hydrogens (tertiary/aromatic N) is 1. The number of likely N-dealkylation sites (N-methyl/N-ethyl adjacent to an activating group) is 1. The molecule has 0 spiro atoms. The van der Waals surface area contributed by atoms with E-state index >= 15 is 0 Å².